The summed E-state index contributed by atoms with van der Waals surface area (Å²) in [6.45, 7) is 0. The zero-order chi connectivity index (χ0) is 26.9. The molecule has 0 radical (unpaired) electrons. The summed E-state index contributed by atoms with van der Waals surface area (Å²) in [5, 5.41) is 3.91. The second kappa shape index (κ2) is 8.76. The fourth-order valence-electron chi connectivity index (χ4n) is 6.50. The lowest BCUT2D eigenvalue weighted by Gasteiger charge is -2.21. The minimum Gasteiger partial charge on any atom is -0.295 e. The zero-order valence-electron chi connectivity index (χ0n) is 22.2. The number of rotatable bonds is 3. The Kier molecular flexibility index (Phi) is 4.87. The highest BCUT2D eigenvalue weighted by atomic mass is 32.2. The molecular formula is C38H24N2S. The normalized spacial score (nSPS) is 12.3. The summed E-state index contributed by atoms with van der Waals surface area (Å²) in [5.41, 5.74) is 11.1. The molecule has 0 saturated heterocycles. The smallest absolute Gasteiger partial charge is 0.131 e. The van der Waals surface area contributed by atoms with Crippen LogP contribution >= 0.6 is 11.8 Å². The van der Waals surface area contributed by atoms with Gasteiger partial charge < -0.3 is 0 Å². The molecule has 0 N–H and O–H groups in total. The molecule has 0 bridgehead atoms. The topological polar surface area (TPSA) is 9.86 Å². The summed E-state index contributed by atoms with van der Waals surface area (Å²) in [7, 11) is 0. The minimum atomic E-state index is 1.16. The Labute approximate surface area is 242 Å². The summed E-state index contributed by atoms with van der Waals surface area (Å²) in [6, 6.07) is 52.8. The Hall–Kier alpha value is -4.99. The molecule has 8 aromatic rings. The summed E-state index contributed by atoms with van der Waals surface area (Å²) >= 11 is 1.87. The maximum Gasteiger partial charge on any atom is 0.131 e. The predicted octanol–water partition coefficient (Wildman–Crippen LogP) is 10.5. The molecule has 1 aliphatic rings. The molecule has 3 heteroatoms. The monoisotopic (exact) mass is 540 g/mol. The van der Waals surface area contributed by atoms with E-state index in [2.05, 4.69) is 155 Å². The summed E-state index contributed by atoms with van der Waals surface area (Å²) in [4.78, 5) is 2.59. The van der Waals surface area contributed by atoms with Crippen molar-refractivity contribution in [1.82, 2.24) is 9.13 Å². The fourth-order valence-corrected chi connectivity index (χ4v) is 7.59. The van der Waals surface area contributed by atoms with Crippen molar-refractivity contribution in [3.05, 3.63) is 146 Å². The second-order valence-electron chi connectivity index (χ2n) is 10.6. The van der Waals surface area contributed by atoms with Gasteiger partial charge in [-0.1, -0.05) is 115 Å². The summed E-state index contributed by atoms with van der Waals surface area (Å²) in [6.07, 6.45) is 0. The van der Waals surface area contributed by atoms with Gasteiger partial charge in [0.15, 0.2) is 0 Å². The summed E-state index contributed by atoms with van der Waals surface area (Å²) in [5.74, 6) is 0. The van der Waals surface area contributed by atoms with Gasteiger partial charge >= 0.3 is 0 Å². The lowest BCUT2D eigenvalue weighted by molar-refractivity contribution is 1.03. The van der Waals surface area contributed by atoms with Gasteiger partial charge in [0.1, 0.15) is 5.65 Å². The molecule has 0 amide bonds. The number of benzene rings is 6. The highest BCUT2D eigenvalue weighted by Gasteiger charge is 2.27. The van der Waals surface area contributed by atoms with Gasteiger partial charge in [0, 0.05) is 31.6 Å². The van der Waals surface area contributed by atoms with Gasteiger partial charge in [-0.2, -0.15) is 0 Å². The molecule has 9 rings (SSSR count). The van der Waals surface area contributed by atoms with Crippen LogP contribution in [0.5, 0.6) is 0 Å². The van der Waals surface area contributed by atoms with Crippen molar-refractivity contribution >= 4 is 44.6 Å². The number of nitrogens with zero attached hydrogens (tertiary/aromatic N) is 2. The van der Waals surface area contributed by atoms with Crippen LogP contribution in [0, 0.1) is 0 Å². The van der Waals surface area contributed by atoms with E-state index in [0.29, 0.717) is 0 Å². The van der Waals surface area contributed by atoms with Crippen LogP contribution in [-0.4, -0.2) is 9.13 Å². The van der Waals surface area contributed by atoms with Crippen molar-refractivity contribution < 1.29 is 0 Å². The molecule has 0 saturated carbocycles. The van der Waals surface area contributed by atoms with Gasteiger partial charge in [0.25, 0.3) is 0 Å². The fraction of sp³-hybridized carbons (Fsp3) is 0. The van der Waals surface area contributed by atoms with Crippen LogP contribution in [0.15, 0.2) is 155 Å². The van der Waals surface area contributed by atoms with Gasteiger partial charge in [0.2, 0.25) is 0 Å². The maximum atomic E-state index is 2.49. The third-order valence-electron chi connectivity index (χ3n) is 8.31. The average molecular weight is 541 g/mol. The van der Waals surface area contributed by atoms with E-state index in [0.717, 1.165) is 5.69 Å². The van der Waals surface area contributed by atoms with E-state index >= 15 is 0 Å². The van der Waals surface area contributed by atoms with Crippen molar-refractivity contribution in [3.8, 4) is 33.6 Å². The van der Waals surface area contributed by atoms with Gasteiger partial charge in [0.05, 0.1) is 16.7 Å². The molecular weight excluding hydrogens is 516 g/mol. The largest absolute Gasteiger partial charge is 0.295 e. The van der Waals surface area contributed by atoms with E-state index in [1.54, 1.807) is 0 Å². The molecule has 6 aromatic carbocycles. The van der Waals surface area contributed by atoms with Crippen molar-refractivity contribution in [3.63, 3.8) is 0 Å². The van der Waals surface area contributed by atoms with Crippen LogP contribution in [0.1, 0.15) is 0 Å². The van der Waals surface area contributed by atoms with E-state index in [1.807, 2.05) is 11.8 Å². The van der Waals surface area contributed by atoms with Crippen LogP contribution in [0.25, 0.3) is 66.5 Å². The Morgan fingerprint density at radius 1 is 0.439 bits per heavy atom. The number of aromatic nitrogens is 2. The van der Waals surface area contributed by atoms with Crippen LogP contribution in [-0.2, 0) is 0 Å². The SMILES string of the molecule is c1ccc(-c2cccc(-c3ccc(-n4c5ccccc5c5c6cccc7c6n(c54)-c4ccccc4S7)cc3)c2)cc1. The number of fused-ring (bicyclic) bond motifs is 7. The second-order valence-corrected chi connectivity index (χ2v) is 11.7. The lowest BCUT2D eigenvalue weighted by atomic mass is 9.99. The van der Waals surface area contributed by atoms with Crippen LogP contribution in [0.4, 0.5) is 0 Å². The first-order valence-corrected chi connectivity index (χ1v) is 14.8. The molecule has 2 aromatic heterocycles. The lowest BCUT2D eigenvalue weighted by Crippen LogP contribution is -2.05. The first kappa shape index (κ1) is 22.8. The Morgan fingerprint density at radius 2 is 1.07 bits per heavy atom. The third kappa shape index (κ3) is 3.33. The van der Waals surface area contributed by atoms with Crippen LogP contribution in [0.3, 0.4) is 0 Å². The average Bonchev–Trinajstić information content (AvgIpc) is 3.56. The van der Waals surface area contributed by atoms with Gasteiger partial charge in [-0.05, 0) is 64.7 Å². The maximum absolute atomic E-state index is 2.49. The first-order chi connectivity index (χ1) is 20.3. The zero-order valence-corrected chi connectivity index (χ0v) is 23.0. The van der Waals surface area contributed by atoms with Gasteiger partial charge in [-0.15, -0.1) is 0 Å². The molecule has 3 heterocycles. The van der Waals surface area contributed by atoms with Crippen LogP contribution in [0.2, 0.25) is 0 Å². The van der Waals surface area contributed by atoms with Crippen molar-refractivity contribution in [2.24, 2.45) is 0 Å². The molecule has 2 nitrogen and oxygen atoms in total. The molecule has 1 aliphatic heterocycles. The van der Waals surface area contributed by atoms with Crippen LogP contribution < -0.4 is 0 Å². The molecule has 192 valence electrons. The molecule has 0 atom stereocenters. The predicted molar refractivity (Wildman–Crippen MR) is 173 cm³/mol. The molecule has 41 heavy (non-hydrogen) atoms. The van der Waals surface area contributed by atoms with E-state index in [4.69, 9.17) is 0 Å². The van der Waals surface area contributed by atoms with E-state index < -0.39 is 0 Å². The Balaban J connectivity index is 1.28. The Morgan fingerprint density at radius 3 is 1.93 bits per heavy atom. The van der Waals surface area contributed by atoms with E-state index in [-0.39, 0.29) is 0 Å². The van der Waals surface area contributed by atoms with Gasteiger partial charge in [-0.3, -0.25) is 9.13 Å². The highest BCUT2D eigenvalue weighted by molar-refractivity contribution is 7.99. The highest BCUT2D eigenvalue weighted by Crippen LogP contribution is 2.49. The molecule has 0 unspecified atom stereocenters. The standard InChI is InChI=1S/C38H24N2S/c1-2-10-25(11-3-1)27-12-8-13-28(24-27)26-20-22-29(23-21-26)39-32-16-5-4-14-30(32)36-31-15-9-19-35-37(31)40(38(36)39)33-17-6-7-18-34(33)41-35/h1-24H. The number of para-hydroxylation sites is 3. The minimum absolute atomic E-state index is 1.16. The Bertz CT molecular complexity index is 2270. The van der Waals surface area contributed by atoms with E-state index in [1.165, 1.54) is 70.6 Å². The number of hydrogen-bond donors (Lipinski definition) is 0. The van der Waals surface area contributed by atoms with E-state index in [9.17, 15) is 0 Å². The van der Waals surface area contributed by atoms with Gasteiger partial charge in [-0.25, -0.2) is 0 Å². The number of hydrogen-bond acceptors (Lipinski definition) is 1. The van der Waals surface area contributed by atoms with Crippen molar-refractivity contribution in [2.45, 2.75) is 9.79 Å². The summed E-state index contributed by atoms with van der Waals surface area (Å²) < 4.78 is 4.94. The molecule has 0 aliphatic carbocycles. The quantitative estimate of drug-likeness (QED) is 0.217. The third-order valence-corrected chi connectivity index (χ3v) is 9.42. The van der Waals surface area contributed by atoms with Crippen molar-refractivity contribution in [1.29, 1.82) is 0 Å². The van der Waals surface area contributed by atoms with Crippen molar-refractivity contribution in [2.75, 3.05) is 0 Å². The first-order valence-electron chi connectivity index (χ1n) is 14.0. The molecule has 0 spiro atoms. The molecule has 0 fully saturated rings.